The highest BCUT2D eigenvalue weighted by Gasteiger charge is 2.19. The number of rotatable bonds is 44. The second-order valence-electron chi connectivity index (χ2n) is 16.4. The molecule has 0 aromatic heterocycles. The van der Waals surface area contributed by atoms with E-state index < -0.39 is 6.10 Å². The van der Waals surface area contributed by atoms with Crippen LogP contribution in [0.25, 0.3) is 0 Å². The summed E-state index contributed by atoms with van der Waals surface area (Å²) in [7, 11) is 0. The van der Waals surface area contributed by atoms with Crippen molar-refractivity contribution in [2.45, 2.75) is 264 Å². The number of hydrogen-bond acceptors (Lipinski definition) is 6. The van der Waals surface area contributed by atoms with Crippen molar-refractivity contribution in [2.75, 3.05) is 13.2 Å². The van der Waals surface area contributed by atoms with Gasteiger partial charge in [-0.2, -0.15) is 0 Å². The minimum Gasteiger partial charge on any atom is -0.462 e. The molecule has 0 aromatic rings. The quantitative estimate of drug-likeness (QED) is 0.0265. The van der Waals surface area contributed by atoms with E-state index in [9.17, 15) is 14.4 Å². The highest BCUT2D eigenvalue weighted by atomic mass is 16.6. The molecule has 0 saturated heterocycles. The van der Waals surface area contributed by atoms with Crippen LogP contribution in [0.15, 0.2) is 24.3 Å². The maximum atomic E-state index is 12.7. The summed E-state index contributed by atoms with van der Waals surface area (Å²) in [4.78, 5) is 37.8. The van der Waals surface area contributed by atoms with Gasteiger partial charge >= 0.3 is 17.9 Å². The highest BCUT2D eigenvalue weighted by molar-refractivity contribution is 5.71. The zero-order valence-electron chi connectivity index (χ0n) is 37.4. The van der Waals surface area contributed by atoms with Gasteiger partial charge in [0.05, 0.1) is 0 Å². The van der Waals surface area contributed by atoms with Crippen molar-refractivity contribution < 1.29 is 28.6 Å². The third kappa shape index (κ3) is 43.0. The van der Waals surface area contributed by atoms with E-state index in [0.29, 0.717) is 19.3 Å². The highest BCUT2D eigenvalue weighted by Crippen LogP contribution is 2.15. The Kier molecular flexibility index (Phi) is 43.9. The fourth-order valence-electron chi connectivity index (χ4n) is 6.96. The van der Waals surface area contributed by atoms with E-state index in [4.69, 9.17) is 14.2 Å². The molecule has 0 bridgehead atoms. The zero-order valence-corrected chi connectivity index (χ0v) is 37.4. The first-order chi connectivity index (χ1) is 27.5. The molecule has 56 heavy (non-hydrogen) atoms. The van der Waals surface area contributed by atoms with Gasteiger partial charge in [-0.15, -0.1) is 0 Å². The number of allylic oxidation sites excluding steroid dienone is 4. The van der Waals surface area contributed by atoms with E-state index in [-0.39, 0.29) is 31.1 Å². The van der Waals surface area contributed by atoms with E-state index in [1.807, 2.05) is 0 Å². The van der Waals surface area contributed by atoms with E-state index in [2.05, 4.69) is 45.1 Å². The van der Waals surface area contributed by atoms with Crippen LogP contribution in [0.5, 0.6) is 0 Å². The maximum Gasteiger partial charge on any atom is 0.306 e. The smallest absolute Gasteiger partial charge is 0.306 e. The van der Waals surface area contributed by atoms with Crippen LogP contribution in [0.1, 0.15) is 258 Å². The van der Waals surface area contributed by atoms with Gasteiger partial charge in [0, 0.05) is 19.3 Å². The van der Waals surface area contributed by atoms with Gasteiger partial charge in [-0.25, -0.2) is 0 Å². The predicted octanol–water partition coefficient (Wildman–Crippen LogP) is 15.6. The largest absolute Gasteiger partial charge is 0.462 e. The molecule has 1 atom stereocenters. The summed E-state index contributed by atoms with van der Waals surface area (Å²) in [6.07, 6.45) is 50.1. The number of esters is 3. The van der Waals surface area contributed by atoms with Crippen LogP contribution in [0.3, 0.4) is 0 Å². The number of unbranched alkanes of at least 4 members (excludes halogenated alkanes) is 29. The van der Waals surface area contributed by atoms with Crippen LogP contribution in [0.4, 0.5) is 0 Å². The predicted molar refractivity (Wildman–Crippen MR) is 238 cm³/mol. The second-order valence-corrected chi connectivity index (χ2v) is 16.4. The van der Waals surface area contributed by atoms with Gasteiger partial charge in [0.2, 0.25) is 0 Å². The van der Waals surface area contributed by atoms with E-state index in [0.717, 1.165) is 70.6 Å². The number of hydrogen-bond donors (Lipinski definition) is 0. The van der Waals surface area contributed by atoms with Gasteiger partial charge in [0.25, 0.3) is 0 Å². The molecule has 0 aliphatic carbocycles. The molecular formula is C50H92O6. The lowest BCUT2D eigenvalue weighted by atomic mass is 10.0. The molecule has 0 spiro atoms. The Morgan fingerprint density at radius 3 is 0.946 bits per heavy atom. The number of carbonyl (C=O) groups excluding carboxylic acids is 3. The molecule has 0 N–H and O–H groups in total. The average molecular weight is 789 g/mol. The van der Waals surface area contributed by atoms with Gasteiger partial charge in [-0.05, 0) is 70.6 Å². The first kappa shape index (κ1) is 53.9. The topological polar surface area (TPSA) is 78.9 Å². The summed E-state index contributed by atoms with van der Waals surface area (Å²) in [5.74, 6) is -0.884. The molecule has 6 heteroatoms. The average Bonchev–Trinajstić information content (AvgIpc) is 3.19. The van der Waals surface area contributed by atoms with Crippen molar-refractivity contribution in [2.24, 2.45) is 0 Å². The molecule has 0 radical (unpaired) electrons. The molecule has 0 aromatic carbocycles. The van der Waals surface area contributed by atoms with Crippen LogP contribution in [-0.2, 0) is 28.6 Å². The molecule has 0 heterocycles. The molecule has 1 unspecified atom stereocenters. The molecule has 0 aliphatic rings. The molecule has 0 rings (SSSR count). The van der Waals surface area contributed by atoms with Gasteiger partial charge in [0.1, 0.15) is 13.2 Å². The van der Waals surface area contributed by atoms with Crippen molar-refractivity contribution in [1.82, 2.24) is 0 Å². The molecule has 0 saturated carbocycles. The van der Waals surface area contributed by atoms with Crippen LogP contribution < -0.4 is 0 Å². The summed E-state index contributed by atoms with van der Waals surface area (Å²) in [6, 6.07) is 0. The molecule has 328 valence electrons. The van der Waals surface area contributed by atoms with Crippen molar-refractivity contribution in [1.29, 1.82) is 0 Å². The van der Waals surface area contributed by atoms with Crippen LogP contribution in [0, 0.1) is 0 Å². The van der Waals surface area contributed by atoms with Gasteiger partial charge < -0.3 is 14.2 Å². The zero-order chi connectivity index (χ0) is 40.8. The molecule has 6 nitrogen and oxygen atoms in total. The van der Waals surface area contributed by atoms with Gasteiger partial charge in [-0.1, -0.05) is 193 Å². The third-order valence-electron chi connectivity index (χ3n) is 10.7. The third-order valence-corrected chi connectivity index (χ3v) is 10.7. The van der Waals surface area contributed by atoms with Crippen LogP contribution in [0.2, 0.25) is 0 Å². The van der Waals surface area contributed by atoms with Crippen LogP contribution in [-0.4, -0.2) is 37.2 Å². The number of ether oxygens (including phenoxy) is 3. The van der Waals surface area contributed by atoms with Crippen molar-refractivity contribution in [3.63, 3.8) is 0 Å². The summed E-state index contributed by atoms with van der Waals surface area (Å²) in [6.45, 7) is 6.59. The molecule has 0 aliphatic heterocycles. The number of carbonyl (C=O) groups is 3. The van der Waals surface area contributed by atoms with E-state index >= 15 is 0 Å². The molecular weight excluding hydrogens is 697 g/mol. The van der Waals surface area contributed by atoms with Crippen molar-refractivity contribution in [3.05, 3.63) is 24.3 Å². The summed E-state index contributed by atoms with van der Waals surface area (Å²) >= 11 is 0. The minimum atomic E-state index is -0.771. The van der Waals surface area contributed by atoms with Crippen molar-refractivity contribution >= 4 is 17.9 Å². The Morgan fingerprint density at radius 2 is 0.589 bits per heavy atom. The molecule has 0 fully saturated rings. The maximum absolute atomic E-state index is 12.7. The lowest BCUT2D eigenvalue weighted by Gasteiger charge is -2.18. The lowest BCUT2D eigenvalue weighted by molar-refractivity contribution is -0.167. The lowest BCUT2D eigenvalue weighted by Crippen LogP contribution is -2.30. The molecule has 0 amide bonds. The first-order valence-corrected chi connectivity index (χ1v) is 24.3. The SMILES string of the molecule is CCCCC/C=C\CCCCCCCC(=O)OCC(COC(=O)CCCCCCC/C=C\CCCCCC)OC(=O)CCCCCCCCCCCCCCC. The summed E-state index contributed by atoms with van der Waals surface area (Å²) in [5.41, 5.74) is 0. The minimum absolute atomic E-state index is 0.0751. The second kappa shape index (κ2) is 45.6. The van der Waals surface area contributed by atoms with E-state index in [1.165, 1.54) is 148 Å². The monoisotopic (exact) mass is 789 g/mol. The Morgan fingerprint density at radius 1 is 0.339 bits per heavy atom. The van der Waals surface area contributed by atoms with E-state index in [1.54, 1.807) is 0 Å². The van der Waals surface area contributed by atoms with Gasteiger partial charge in [0.15, 0.2) is 6.10 Å². The summed E-state index contributed by atoms with van der Waals surface area (Å²) < 4.78 is 16.7. The normalized spacial score (nSPS) is 12.1. The Balaban J connectivity index is 4.37. The van der Waals surface area contributed by atoms with Gasteiger partial charge in [-0.3, -0.25) is 14.4 Å². The standard InChI is InChI=1S/C50H92O6/c1-4-7-10-13-16-19-22-25-28-31-34-37-40-43-49(52)55-46-47(45-54-48(51)42-39-36-33-30-27-24-21-18-15-12-9-6-3)56-50(53)44-41-38-35-32-29-26-23-20-17-14-11-8-5-2/h18-19,21-22,47H,4-17,20,23-46H2,1-3H3/b21-18-,22-19-. The fraction of sp³-hybridized carbons (Fsp3) is 0.860. The Bertz CT molecular complexity index is 911. The Hall–Kier alpha value is -2.11. The first-order valence-electron chi connectivity index (χ1n) is 24.3. The fourth-order valence-corrected chi connectivity index (χ4v) is 6.96. The summed E-state index contributed by atoms with van der Waals surface area (Å²) in [5, 5.41) is 0. The van der Waals surface area contributed by atoms with Crippen LogP contribution >= 0.6 is 0 Å². The van der Waals surface area contributed by atoms with Crippen molar-refractivity contribution in [3.8, 4) is 0 Å². The Labute approximate surface area is 347 Å².